The van der Waals surface area contributed by atoms with Gasteiger partial charge in [0.1, 0.15) is 0 Å². The molecule has 1 heterocycles. The first-order valence-electron chi connectivity index (χ1n) is 5.86. The largest absolute Gasteiger partial charge is 0.444 e. The Morgan fingerprint density at radius 1 is 1.24 bits per heavy atom. The van der Waals surface area contributed by atoms with Crippen LogP contribution in [0.3, 0.4) is 0 Å². The van der Waals surface area contributed by atoms with Crippen LogP contribution in [0.25, 0.3) is 0 Å². The van der Waals surface area contributed by atoms with Gasteiger partial charge >= 0.3 is 0 Å². The van der Waals surface area contributed by atoms with Crippen molar-refractivity contribution in [1.82, 2.24) is 4.90 Å². The summed E-state index contributed by atoms with van der Waals surface area (Å²) in [5, 5.41) is 0. The fraction of sp³-hybridized carbons (Fsp3) is 0.357. The van der Waals surface area contributed by atoms with E-state index in [2.05, 4.69) is 11.5 Å². The Balaban J connectivity index is 2.12. The van der Waals surface area contributed by atoms with Crippen molar-refractivity contribution < 1.29 is 9.53 Å². The zero-order valence-electron chi connectivity index (χ0n) is 9.84. The summed E-state index contributed by atoms with van der Waals surface area (Å²) in [5.74, 6) is 0. The highest BCUT2D eigenvalue weighted by atomic mass is 16.5. The van der Waals surface area contributed by atoms with Gasteiger partial charge in [-0.15, -0.1) is 0 Å². The van der Waals surface area contributed by atoms with E-state index in [4.69, 9.17) is 4.74 Å². The van der Waals surface area contributed by atoms with Crippen molar-refractivity contribution in [2.24, 2.45) is 0 Å². The van der Waals surface area contributed by atoms with Crippen LogP contribution in [0.15, 0.2) is 42.5 Å². The fourth-order valence-electron chi connectivity index (χ4n) is 2.12. The number of nitrogens with zero attached hydrogens (tertiary/aromatic N) is 1. The van der Waals surface area contributed by atoms with Crippen molar-refractivity contribution >= 4 is 6.47 Å². The number of hydrogen-bond acceptors (Lipinski definition) is 3. The van der Waals surface area contributed by atoms with Crippen LogP contribution < -0.4 is 0 Å². The number of piperidine rings is 1. The molecule has 2 rings (SSSR count). The average molecular weight is 231 g/mol. The molecule has 1 unspecified atom stereocenters. The highest BCUT2D eigenvalue weighted by Gasteiger charge is 2.23. The summed E-state index contributed by atoms with van der Waals surface area (Å²) in [6.07, 6.45) is 1.69. The van der Waals surface area contributed by atoms with Crippen LogP contribution in [0.5, 0.6) is 0 Å². The Morgan fingerprint density at radius 2 is 1.88 bits per heavy atom. The van der Waals surface area contributed by atoms with E-state index in [9.17, 15) is 4.79 Å². The van der Waals surface area contributed by atoms with Crippen molar-refractivity contribution in [3.8, 4) is 0 Å². The van der Waals surface area contributed by atoms with Crippen LogP contribution >= 0.6 is 0 Å². The third kappa shape index (κ3) is 2.94. The minimum atomic E-state index is -0.262. The lowest BCUT2D eigenvalue weighted by Gasteiger charge is -2.33. The highest BCUT2D eigenvalue weighted by molar-refractivity contribution is 5.38. The van der Waals surface area contributed by atoms with Crippen molar-refractivity contribution in [2.45, 2.75) is 19.1 Å². The number of carbonyl (C=O) groups is 1. The second-order valence-corrected chi connectivity index (χ2v) is 4.28. The Bertz CT molecular complexity index is 378. The van der Waals surface area contributed by atoms with Gasteiger partial charge in [-0.25, -0.2) is 0 Å². The Kier molecular flexibility index (Phi) is 3.94. The van der Waals surface area contributed by atoms with E-state index in [-0.39, 0.29) is 6.23 Å². The van der Waals surface area contributed by atoms with E-state index >= 15 is 0 Å². The van der Waals surface area contributed by atoms with Gasteiger partial charge in [-0.05, 0) is 12.8 Å². The first-order chi connectivity index (χ1) is 8.31. The second-order valence-electron chi connectivity index (χ2n) is 4.28. The minimum absolute atomic E-state index is 0.262. The summed E-state index contributed by atoms with van der Waals surface area (Å²) < 4.78 is 5.22. The third-order valence-electron chi connectivity index (χ3n) is 3.11. The van der Waals surface area contributed by atoms with Crippen LogP contribution in [0.2, 0.25) is 0 Å². The molecule has 3 heteroatoms. The molecule has 0 bridgehead atoms. The van der Waals surface area contributed by atoms with Crippen molar-refractivity contribution in [2.75, 3.05) is 13.1 Å². The SMILES string of the molecule is C=C1CCN(C(OC=O)c2ccccc2)CC1. The zero-order valence-corrected chi connectivity index (χ0v) is 9.84. The summed E-state index contributed by atoms with van der Waals surface area (Å²) in [6.45, 7) is 6.31. The molecule has 1 aromatic rings. The molecule has 17 heavy (non-hydrogen) atoms. The van der Waals surface area contributed by atoms with Crippen molar-refractivity contribution in [1.29, 1.82) is 0 Å². The van der Waals surface area contributed by atoms with E-state index in [0.717, 1.165) is 31.5 Å². The quantitative estimate of drug-likeness (QED) is 0.589. The molecule has 1 saturated heterocycles. The van der Waals surface area contributed by atoms with E-state index in [1.807, 2.05) is 30.3 Å². The first-order valence-corrected chi connectivity index (χ1v) is 5.86. The van der Waals surface area contributed by atoms with Gasteiger partial charge in [0.2, 0.25) is 0 Å². The number of rotatable bonds is 4. The molecule has 0 aromatic heterocycles. The van der Waals surface area contributed by atoms with Gasteiger partial charge in [0.05, 0.1) is 0 Å². The van der Waals surface area contributed by atoms with Crippen molar-refractivity contribution in [3.05, 3.63) is 48.0 Å². The second kappa shape index (κ2) is 5.64. The molecule has 0 spiro atoms. The zero-order chi connectivity index (χ0) is 12.1. The number of benzene rings is 1. The number of ether oxygens (including phenoxy) is 1. The Labute approximate surface area is 102 Å². The van der Waals surface area contributed by atoms with Crippen molar-refractivity contribution in [3.63, 3.8) is 0 Å². The summed E-state index contributed by atoms with van der Waals surface area (Å²) in [7, 11) is 0. The molecule has 0 aliphatic carbocycles. The van der Waals surface area contributed by atoms with Crippen LogP contribution in [0.1, 0.15) is 24.6 Å². The normalized spacial score (nSPS) is 18.7. The van der Waals surface area contributed by atoms with Gasteiger partial charge < -0.3 is 4.74 Å². The maximum Gasteiger partial charge on any atom is 0.294 e. The molecule has 1 atom stereocenters. The molecule has 1 aliphatic rings. The lowest BCUT2D eigenvalue weighted by Crippen LogP contribution is -2.35. The smallest absolute Gasteiger partial charge is 0.294 e. The molecular weight excluding hydrogens is 214 g/mol. The maximum absolute atomic E-state index is 10.6. The van der Waals surface area contributed by atoms with Crippen LogP contribution in [-0.4, -0.2) is 24.5 Å². The minimum Gasteiger partial charge on any atom is -0.444 e. The van der Waals surface area contributed by atoms with Gasteiger partial charge in [-0.1, -0.05) is 42.5 Å². The molecule has 0 N–H and O–H groups in total. The van der Waals surface area contributed by atoms with E-state index in [0.29, 0.717) is 6.47 Å². The number of likely N-dealkylation sites (tertiary alicyclic amines) is 1. The molecule has 1 fully saturated rings. The molecule has 3 nitrogen and oxygen atoms in total. The van der Waals surface area contributed by atoms with E-state index in [1.165, 1.54) is 5.57 Å². The summed E-state index contributed by atoms with van der Waals surface area (Å²) >= 11 is 0. The molecule has 0 radical (unpaired) electrons. The standard InChI is InChI=1S/C14H17NO2/c1-12-7-9-15(10-8-12)14(17-11-16)13-5-3-2-4-6-13/h2-6,11,14H,1,7-10H2. The Hall–Kier alpha value is -1.61. The molecule has 0 saturated carbocycles. The van der Waals surface area contributed by atoms with Crippen LogP contribution in [0.4, 0.5) is 0 Å². The lowest BCUT2D eigenvalue weighted by molar-refractivity contribution is -0.144. The van der Waals surface area contributed by atoms with Gasteiger partial charge in [-0.2, -0.15) is 0 Å². The maximum atomic E-state index is 10.6. The third-order valence-corrected chi connectivity index (χ3v) is 3.11. The van der Waals surface area contributed by atoms with E-state index in [1.54, 1.807) is 0 Å². The van der Waals surface area contributed by atoms with E-state index < -0.39 is 0 Å². The van der Waals surface area contributed by atoms with Crippen LogP contribution in [-0.2, 0) is 9.53 Å². The summed E-state index contributed by atoms with van der Waals surface area (Å²) in [5.41, 5.74) is 2.30. The highest BCUT2D eigenvalue weighted by Crippen LogP contribution is 2.26. The van der Waals surface area contributed by atoms with Gasteiger partial charge in [0, 0.05) is 18.7 Å². The van der Waals surface area contributed by atoms with Crippen LogP contribution in [0, 0.1) is 0 Å². The predicted octanol–water partition coefficient (Wildman–Crippen LogP) is 2.51. The fourth-order valence-corrected chi connectivity index (χ4v) is 2.12. The predicted molar refractivity (Wildman–Crippen MR) is 66.3 cm³/mol. The summed E-state index contributed by atoms with van der Waals surface area (Å²) in [4.78, 5) is 12.8. The Morgan fingerprint density at radius 3 is 2.47 bits per heavy atom. The molecular formula is C14H17NO2. The van der Waals surface area contributed by atoms with Gasteiger partial charge in [0.15, 0.2) is 6.23 Å². The monoisotopic (exact) mass is 231 g/mol. The van der Waals surface area contributed by atoms with Gasteiger partial charge in [0.25, 0.3) is 6.47 Å². The molecule has 1 aromatic carbocycles. The number of carbonyl (C=O) groups excluding carboxylic acids is 1. The topological polar surface area (TPSA) is 29.5 Å². The molecule has 90 valence electrons. The molecule has 0 amide bonds. The lowest BCUT2D eigenvalue weighted by atomic mass is 10.0. The summed E-state index contributed by atoms with van der Waals surface area (Å²) in [6, 6.07) is 9.84. The van der Waals surface area contributed by atoms with Gasteiger partial charge in [-0.3, -0.25) is 9.69 Å². The average Bonchev–Trinajstić information content (AvgIpc) is 2.38. The first kappa shape index (κ1) is 11.9. The number of hydrogen-bond donors (Lipinski definition) is 0. The molecule has 1 aliphatic heterocycles.